The van der Waals surface area contributed by atoms with E-state index in [9.17, 15) is 9.59 Å². The molecule has 0 spiro atoms. The van der Waals surface area contributed by atoms with E-state index in [4.69, 9.17) is 14.3 Å². The summed E-state index contributed by atoms with van der Waals surface area (Å²) >= 11 is 0. The maximum absolute atomic E-state index is 13.6. The summed E-state index contributed by atoms with van der Waals surface area (Å²) in [5, 5.41) is 12.5. The van der Waals surface area contributed by atoms with Crippen LogP contribution in [-0.2, 0) is 5.41 Å². The molecule has 11 nitrogen and oxygen atoms in total. The van der Waals surface area contributed by atoms with Gasteiger partial charge < -0.3 is 19.5 Å². The molecule has 3 heterocycles. The van der Waals surface area contributed by atoms with Crippen molar-refractivity contribution in [1.82, 2.24) is 24.7 Å². The molecule has 2 amide bonds. The molecule has 0 fully saturated rings. The van der Waals surface area contributed by atoms with Crippen LogP contribution in [-0.4, -0.2) is 39.1 Å². The van der Waals surface area contributed by atoms with E-state index in [0.717, 1.165) is 27.9 Å². The van der Waals surface area contributed by atoms with Crippen LogP contribution in [0.4, 0.5) is 16.3 Å². The third-order valence-electron chi connectivity index (χ3n) is 8.77. The van der Waals surface area contributed by atoms with Crippen LogP contribution in [0.25, 0.3) is 27.6 Å². The first-order chi connectivity index (χ1) is 23.1. The van der Waals surface area contributed by atoms with Crippen LogP contribution in [0.5, 0.6) is 17.2 Å². The third kappa shape index (κ3) is 7.04. The SMILES string of the molecule is CC(C)(C)c1cc(NC(=O)Nc2ccc(Oc3ccnc4[nH]c(=O)cnc34)c3ccccc23)n(-c2ccc(O[Si](C)(C)C(C)(C)C)cc2)n1. The van der Waals surface area contributed by atoms with Crippen LogP contribution in [0.3, 0.4) is 0 Å². The molecule has 0 bridgehead atoms. The zero-order valence-corrected chi connectivity index (χ0v) is 30.0. The Morgan fingerprint density at radius 3 is 2.27 bits per heavy atom. The van der Waals surface area contributed by atoms with E-state index in [1.807, 2.05) is 54.6 Å². The number of urea groups is 1. The Labute approximate surface area is 285 Å². The number of benzene rings is 3. The molecule has 0 radical (unpaired) electrons. The van der Waals surface area contributed by atoms with Crippen molar-refractivity contribution < 1.29 is 14.0 Å². The van der Waals surface area contributed by atoms with Gasteiger partial charge >= 0.3 is 6.03 Å². The van der Waals surface area contributed by atoms with E-state index >= 15 is 0 Å². The smallest absolute Gasteiger partial charge is 0.324 e. The van der Waals surface area contributed by atoms with Gasteiger partial charge in [-0.15, -0.1) is 0 Å². The van der Waals surface area contributed by atoms with Gasteiger partial charge in [-0.25, -0.2) is 19.4 Å². The van der Waals surface area contributed by atoms with Crippen molar-refractivity contribution in [3.05, 3.63) is 101 Å². The van der Waals surface area contributed by atoms with Gasteiger partial charge in [-0.3, -0.25) is 10.1 Å². The number of aromatic amines is 1. The molecular weight excluding hydrogens is 635 g/mol. The highest BCUT2D eigenvalue weighted by atomic mass is 28.4. The van der Waals surface area contributed by atoms with Crippen molar-refractivity contribution in [1.29, 1.82) is 0 Å². The summed E-state index contributed by atoms with van der Waals surface area (Å²) in [5.41, 5.74) is 2.38. The fourth-order valence-electron chi connectivity index (χ4n) is 5.00. The molecule has 0 aliphatic heterocycles. The molecule has 0 aliphatic rings. The summed E-state index contributed by atoms with van der Waals surface area (Å²) in [7, 11) is -2.00. The number of amides is 2. The lowest BCUT2D eigenvalue weighted by molar-refractivity contribution is 0.262. The number of anilines is 2. The second-order valence-corrected chi connectivity index (χ2v) is 19.2. The van der Waals surface area contributed by atoms with Gasteiger partial charge in [-0.05, 0) is 54.5 Å². The fraction of sp³-hybridized carbons (Fsp3) is 0.270. The van der Waals surface area contributed by atoms with Gasteiger partial charge in [0.1, 0.15) is 22.8 Å². The molecule has 0 saturated carbocycles. The highest BCUT2D eigenvalue weighted by Crippen LogP contribution is 2.38. The molecule has 3 N–H and O–H groups in total. The molecule has 6 aromatic rings. The molecule has 6 rings (SSSR count). The Balaban J connectivity index is 1.26. The predicted molar refractivity (Wildman–Crippen MR) is 197 cm³/mol. The molecule has 3 aromatic carbocycles. The van der Waals surface area contributed by atoms with Crippen LogP contribution in [0.1, 0.15) is 47.2 Å². The number of ether oxygens (including phenoxy) is 1. The summed E-state index contributed by atoms with van der Waals surface area (Å²) in [6, 6.07) is 22.2. The zero-order valence-electron chi connectivity index (χ0n) is 29.0. The normalized spacial score (nSPS) is 12.2. The minimum atomic E-state index is -2.00. The topological polar surface area (TPSA) is 136 Å². The number of carbonyl (C=O) groups excluding carboxylic acids is 1. The summed E-state index contributed by atoms with van der Waals surface area (Å²) in [4.78, 5) is 36.4. The van der Waals surface area contributed by atoms with E-state index in [-0.39, 0.29) is 16.0 Å². The minimum absolute atomic E-state index is 0.0763. The van der Waals surface area contributed by atoms with Crippen LogP contribution >= 0.6 is 0 Å². The molecule has 0 saturated heterocycles. The van der Waals surface area contributed by atoms with Gasteiger partial charge in [0.2, 0.25) is 8.32 Å². The minimum Gasteiger partial charge on any atom is -0.544 e. The number of aromatic nitrogens is 5. The monoisotopic (exact) mass is 675 g/mol. The van der Waals surface area contributed by atoms with Crippen LogP contribution < -0.4 is 25.4 Å². The number of carbonyl (C=O) groups is 1. The molecule has 252 valence electrons. The number of hydrogen-bond acceptors (Lipinski definition) is 7. The van der Waals surface area contributed by atoms with Gasteiger partial charge in [-0.1, -0.05) is 65.8 Å². The third-order valence-corrected chi connectivity index (χ3v) is 13.1. The predicted octanol–water partition coefficient (Wildman–Crippen LogP) is 8.77. The average molecular weight is 676 g/mol. The second kappa shape index (κ2) is 12.5. The number of H-pyrrole nitrogens is 1. The first-order valence-electron chi connectivity index (χ1n) is 16.1. The molecular formula is C37H41N7O4Si. The molecule has 0 aliphatic carbocycles. The Kier molecular flexibility index (Phi) is 8.53. The number of pyridine rings is 1. The Morgan fingerprint density at radius 2 is 1.57 bits per heavy atom. The molecule has 49 heavy (non-hydrogen) atoms. The summed E-state index contributed by atoms with van der Waals surface area (Å²) in [6.45, 7) is 17.3. The molecule has 0 atom stereocenters. The number of rotatable bonds is 7. The van der Waals surface area contributed by atoms with Crippen molar-refractivity contribution in [2.24, 2.45) is 0 Å². The maximum Gasteiger partial charge on any atom is 0.324 e. The largest absolute Gasteiger partial charge is 0.544 e. The molecule has 0 unspecified atom stereocenters. The highest BCUT2D eigenvalue weighted by Gasteiger charge is 2.39. The molecule has 3 aromatic heterocycles. The van der Waals surface area contributed by atoms with E-state index in [2.05, 4.69) is 80.2 Å². The lowest BCUT2D eigenvalue weighted by Crippen LogP contribution is -2.43. The first kappa shape index (κ1) is 33.4. The number of fused-ring (bicyclic) bond motifs is 2. The quantitative estimate of drug-likeness (QED) is 0.144. The van der Waals surface area contributed by atoms with E-state index < -0.39 is 14.3 Å². The zero-order chi connectivity index (χ0) is 35.1. The Hall–Kier alpha value is -5.49. The van der Waals surface area contributed by atoms with Crippen molar-refractivity contribution in [3.63, 3.8) is 0 Å². The van der Waals surface area contributed by atoms with Gasteiger partial charge in [0.05, 0.1) is 23.3 Å². The maximum atomic E-state index is 13.6. The number of hydrogen-bond donors (Lipinski definition) is 3. The lowest BCUT2D eigenvalue weighted by Gasteiger charge is -2.36. The van der Waals surface area contributed by atoms with Crippen molar-refractivity contribution in [3.8, 4) is 22.9 Å². The van der Waals surface area contributed by atoms with Crippen LogP contribution in [0.15, 0.2) is 90.0 Å². The van der Waals surface area contributed by atoms with Crippen molar-refractivity contribution in [2.45, 2.75) is 65.1 Å². The summed E-state index contributed by atoms with van der Waals surface area (Å²) in [5.74, 6) is 2.33. The van der Waals surface area contributed by atoms with Crippen LogP contribution in [0.2, 0.25) is 18.1 Å². The molecule has 12 heteroatoms. The fourth-order valence-corrected chi connectivity index (χ4v) is 6.03. The Bertz CT molecular complexity index is 2230. The van der Waals surface area contributed by atoms with Crippen molar-refractivity contribution >= 4 is 47.8 Å². The number of nitrogens with zero attached hydrogens (tertiary/aromatic N) is 4. The summed E-state index contributed by atoms with van der Waals surface area (Å²) in [6.07, 6.45) is 2.74. The van der Waals surface area contributed by atoms with Gasteiger partial charge in [0.25, 0.3) is 5.56 Å². The standard InChI is InChI=1S/C37H41N7O4Si/c1-36(2,3)30-21-31(44(43-30)23-13-15-24(16-14-23)48-49(7,8)37(4,5)6)41-35(46)40-27-17-18-28(26-12-10-9-11-25(26)27)47-29-19-20-38-34-33(29)39-22-32(45)42-34/h9-22H,1-8H3,(H,38,42,45)(H2,40,41,46). The Morgan fingerprint density at radius 1 is 0.857 bits per heavy atom. The average Bonchev–Trinajstić information content (AvgIpc) is 3.46. The van der Waals surface area contributed by atoms with E-state index in [1.165, 1.54) is 6.20 Å². The summed E-state index contributed by atoms with van der Waals surface area (Å²) < 4.78 is 14.5. The number of nitrogens with one attached hydrogen (secondary N) is 3. The highest BCUT2D eigenvalue weighted by molar-refractivity contribution is 6.74. The van der Waals surface area contributed by atoms with Crippen LogP contribution in [0, 0.1) is 0 Å². The van der Waals surface area contributed by atoms with E-state index in [1.54, 1.807) is 29.1 Å². The van der Waals surface area contributed by atoms with Gasteiger partial charge in [0.15, 0.2) is 11.4 Å². The van der Waals surface area contributed by atoms with E-state index in [0.29, 0.717) is 34.2 Å². The van der Waals surface area contributed by atoms with Crippen molar-refractivity contribution in [2.75, 3.05) is 10.6 Å². The van der Waals surface area contributed by atoms with Gasteiger partial charge in [0, 0.05) is 34.5 Å². The van der Waals surface area contributed by atoms with Gasteiger partial charge in [-0.2, -0.15) is 5.10 Å². The lowest BCUT2D eigenvalue weighted by atomic mass is 9.92. The second-order valence-electron chi connectivity index (χ2n) is 14.5. The first-order valence-corrected chi connectivity index (χ1v) is 19.0.